The Labute approximate surface area is 125 Å². The molecule has 19 heavy (non-hydrogen) atoms. The molecule has 0 bridgehead atoms. The fraction of sp³-hybridized carbons (Fsp3) is 0.143. The third kappa shape index (κ3) is 3.44. The van der Waals surface area contributed by atoms with Crippen LogP contribution in [0.2, 0.25) is 0 Å². The minimum Gasteiger partial charge on any atom is -0.507 e. The van der Waals surface area contributed by atoms with Crippen LogP contribution in [0, 0.1) is 3.57 Å². The first kappa shape index (κ1) is 13.8. The largest absolute Gasteiger partial charge is 0.507 e. The molecule has 2 N–H and O–H groups in total. The molecule has 4 nitrogen and oxygen atoms in total. The molecule has 2 rings (SSSR count). The lowest BCUT2D eigenvalue weighted by Crippen LogP contribution is -2.26. The first-order chi connectivity index (χ1) is 9.08. The highest BCUT2D eigenvalue weighted by atomic mass is 127. The smallest absolute Gasteiger partial charge is 0.255 e. The van der Waals surface area contributed by atoms with Gasteiger partial charge in [-0.15, -0.1) is 0 Å². The van der Waals surface area contributed by atoms with Crippen molar-refractivity contribution in [3.63, 3.8) is 0 Å². The Bertz CT molecular complexity index is 587. The standard InChI is InChI=1S/C14H13IN2O2/c1-9(10-4-6-16-7-5-10)17-14(19)12-8-11(15)2-3-13(12)18/h2-9,18H,1H3,(H,17,19). The number of phenols is 1. The number of carbonyl (C=O) groups excluding carboxylic acids is 1. The van der Waals surface area contributed by atoms with Crippen LogP contribution in [-0.4, -0.2) is 16.0 Å². The number of phenolic OH excluding ortho intramolecular Hbond substituents is 1. The second-order valence-corrected chi connectivity index (χ2v) is 5.38. The number of carbonyl (C=O) groups is 1. The van der Waals surface area contributed by atoms with E-state index >= 15 is 0 Å². The van der Waals surface area contributed by atoms with Gasteiger partial charge in [0.05, 0.1) is 11.6 Å². The van der Waals surface area contributed by atoms with Gasteiger partial charge >= 0.3 is 0 Å². The summed E-state index contributed by atoms with van der Waals surface area (Å²) in [5, 5.41) is 12.6. The van der Waals surface area contributed by atoms with E-state index in [9.17, 15) is 9.90 Å². The molecule has 98 valence electrons. The molecule has 1 unspecified atom stereocenters. The minimum atomic E-state index is -0.291. The summed E-state index contributed by atoms with van der Waals surface area (Å²) < 4.78 is 0.900. The Morgan fingerprint density at radius 1 is 1.32 bits per heavy atom. The molecule has 1 heterocycles. The monoisotopic (exact) mass is 368 g/mol. The molecule has 1 aromatic heterocycles. The third-order valence-corrected chi connectivity index (χ3v) is 3.43. The van der Waals surface area contributed by atoms with Gasteiger partial charge in [-0.1, -0.05) is 0 Å². The van der Waals surface area contributed by atoms with E-state index in [4.69, 9.17) is 0 Å². The minimum absolute atomic E-state index is 0.0140. The zero-order valence-corrected chi connectivity index (χ0v) is 12.5. The number of hydrogen-bond donors (Lipinski definition) is 2. The molecule has 1 atom stereocenters. The lowest BCUT2D eigenvalue weighted by molar-refractivity contribution is 0.0937. The van der Waals surface area contributed by atoms with Crippen molar-refractivity contribution in [3.8, 4) is 5.75 Å². The van der Waals surface area contributed by atoms with Gasteiger partial charge in [-0.2, -0.15) is 0 Å². The van der Waals surface area contributed by atoms with Crippen molar-refractivity contribution in [3.05, 3.63) is 57.4 Å². The maximum atomic E-state index is 12.1. The van der Waals surface area contributed by atoms with E-state index in [-0.39, 0.29) is 23.3 Å². The van der Waals surface area contributed by atoms with Crippen LogP contribution in [0.15, 0.2) is 42.7 Å². The van der Waals surface area contributed by atoms with E-state index < -0.39 is 0 Å². The summed E-state index contributed by atoms with van der Waals surface area (Å²) in [5.41, 5.74) is 1.25. The summed E-state index contributed by atoms with van der Waals surface area (Å²) in [6, 6.07) is 8.48. The molecular weight excluding hydrogens is 355 g/mol. The first-order valence-corrected chi connectivity index (χ1v) is 6.85. The van der Waals surface area contributed by atoms with Gasteiger partial charge in [0.25, 0.3) is 5.91 Å². The molecule has 0 aliphatic heterocycles. The van der Waals surface area contributed by atoms with Crippen LogP contribution in [-0.2, 0) is 0 Å². The van der Waals surface area contributed by atoms with E-state index in [0.29, 0.717) is 0 Å². The molecule has 5 heteroatoms. The molecule has 2 aromatic rings. The van der Waals surface area contributed by atoms with Crippen LogP contribution in [0.4, 0.5) is 0 Å². The second kappa shape index (κ2) is 6.01. The van der Waals surface area contributed by atoms with E-state index in [2.05, 4.69) is 32.9 Å². The fourth-order valence-electron chi connectivity index (χ4n) is 1.70. The summed E-state index contributed by atoms with van der Waals surface area (Å²) in [5.74, 6) is -0.305. The average Bonchev–Trinajstić information content (AvgIpc) is 2.42. The van der Waals surface area contributed by atoms with Crippen molar-refractivity contribution in [2.24, 2.45) is 0 Å². The maximum absolute atomic E-state index is 12.1. The molecule has 0 saturated carbocycles. The molecule has 0 aliphatic carbocycles. The maximum Gasteiger partial charge on any atom is 0.255 e. The summed E-state index contributed by atoms with van der Waals surface area (Å²) in [4.78, 5) is 16.0. The second-order valence-electron chi connectivity index (χ2n) is 4.14. The number of rotatable bonds is 3. The predicted octanol–water partition coefficient (Wildman–Crippen LogP) is 2.88. The first-order valence-electron chi connectivity index (χ1n) is 5.77. The molecule has 1 amide bonds. The van der Waals surface area contributed by atoms with Crippen LogP contribution in [0.25, 0.3) is 0 Å². The van der Waals surface area contributed by atoms with E-state index in [1.807, 2.05) is 19.1 Å². The van der Waals surface area contributed by atoms with Crippen molar-refractivity contribution >= 4 is 28.5 Å². The van der Waals surface area contributed by atoms with Crippen molar-refractivity contribution < 1.29 is 9.90 Å². The van der Waals surface area contributed by atoms with Gasteiger partial charge in [0, 0.05) is 16.0 Å². The Morgan fingerprint density at radius 3 is 2.68 bits per heavy atom. The summed E-state index contributed by atoms with van der Waals surface area (Å²) >= 11 is 2.10. The molecule has 1 aromatic carbocycles. The normalized spacial score (nSPS) is 11.9. The molecule has 0 spiro atoms. The van der Waals surface area contributed by atoms with Gasteiger partial charge in [-0.3, -0.25) is 9.78 Å². The van der Waals surface area contributed by atoms with Crippen LogP contribution in [0.1, 0.15) is 28.9 Å². The van der Waals surface area contributed by atoms with Crippen molar-refractivity contribution in [2.75, 3.05) is 0 Å². The number of nitrogens with zero attached hydrogens (tertiary/aromatic N) is 1. The van der Waals surface area contributed by atoms with E-state index in [1.165, 1.54) is 6.07 Å². The van der Waals surface area contributed by atoms with Crippen LogP contribution in [0.3, 0.4) is 0 Å². The third-order valence-electron chi connectivity index (χ3n) is 2.76. The van der Waals surface area contributed by atoms with Crippen molar-refractivity contribution in [2.45, 2.75) is 13.0 Å². The number of benzene rings is 1. The Kier molecular flexibility index (Phi) is 4.36. The number of nitrogens with one attached hydrogen (secondary N) is 1. The summed E-state index contributed by atoms with van der Waals surface area (Å²) in [6.45, 7) is 1.89. The van der Waals surface area contributed by atoms with Gasteiger partial charge in [0.2, 0.25) is 0 Å². The highest BCUT2D eigenvalue weighted by molar-refractivity contribution is 14.1. The lowest BCUT2D eigenvalue weighted by Gasteiger charge is -2.14. The summed E-state index contributed by atoms with van der Waals surface area (Å²) in [6.07, 6.45) is 3.36. The number of halogens is 1. The van der Waals surface area contributed by atoms with Gasteiger partial charge in [0.1, 0.15) is 5.75 Å². The van der Waals surface area contributed by atoms with Crippen LogP contribution in [0.5, 0.6) is 5.75 Å². The van der Waals surface area contributed by atoms with Crippen LogP contribution < -0.4 is 5.32 Å². The zero-order chi connectivity index (χ0) is 13.8. The molecular formula is C14H13IN2O2. The SMILES string of the molecule is CC(NC(=O)c1cc(I)ccc1O)c1ccncc1. The van der Waals surface area contributed by atoms with Gasteiger partial charge < -0.3 is 10.4 Å². The van der Waals surface area contributed by atoms with Gasteiger partial charge in [0.15, 0.2) is 0 Å². The van der Waals surface area contributed by atoms with Gasteiger partial charge in [-0.05, 0) is 65.4 Å². The lowest BCUT2D eigenvalue weighted by atomic mass is 10.1. The fourth-order valence-corrected chi connectivity index (χ4v) is 2.19. The molecule has 0 aliphatic rings. The topological polar surface area (TPSA) is 62.2 Å². The molecule has 0 saturated heterocycles. The van der Waals surface area contributed by atoms with Crippen molar-refractivity contribution in [1.82, 2.24) is 10.3 Å². The number of aromatic hydroxyl groups is 1. The van der Waals surface area contributed by atoms with E-state index in [1.54, 1.807) is 24.5 Å². The summed E-state index contributed by atoms with van der Waals surface area (Å²) in [7, 11) is 0. The number of hydrogen-bond acceptors (Lipinski definition) is 3. The predicted molar refractivity (Wildman–Crippen MR) is 80.9 cm³/mol. The average molecular weight is 368 g/mol. The zero-order valence-electron chi connectivity index (χ0n) is 10.3. The van der Waals surface area contributed by atoms with Crippen molar-refractivity contribution in [1.29, 1.82) is 0 Å². The molecule has 0 fully saturated rings. The number of amides is 1. The number of aromatic nitrogens is 1. The Balaban J connectivity index is 2.15. The Morgan fingerprint density at radius 2 is 2.00 bits per heavy atom. The molecule has 0 radical (unpaired) electrons. The number of pyridine rings is 1. The van der Waals surface area contributed by atoms with E-state index in [0.717, 1.165) is 9.13 Å². The highest BCUT2D eigenvalue weighted by Crippen LogP contribution is 2.21. The Hall–Kier alpha value is -1.63. The highest BCUT2D eigenvalue weighted by Gasteiger charge is 2.14. The quantitative estimate of drug-likeness (QED) is 0.820. The van der Waals surface area contributed by atoms with Crippen LogP contribution >= 0.6 is 22.6 Å². The van der Waals surface area contributed by atoms with Gasteiger partial charge in [-0.25, -0.2) is 0 Å².